The Balaban J connectivity index is 2.74. The predicted molar refractivity (Wildman–Crippen MR) is 67.4 cm³/mol. The number of nitrogens with one attached hydrogen (secondary N) is 1. The minimum absolute atomic E-state index is 0.0882. The fraction of sp³-hybridized carbons (Fsp3) is 0.462. The van der Waals surface area contributed by atoms with Crippen LogP contribution in [-0.4, -0.2) is 24.4 Å². The maximum Gasteiger partial charge on any atom is 0.219 e. The van der Waals surface area contributed by atoms with Crippen molar-refractivity contribution in [1.29, 1.82) is 0 Å². The number of nitrogens with zero attached hydrogens (tertiary/aromatic N) is 1. The molecule has 16 heavy (non-hydrogen) atoms. The Morgan fingerprint density at radius 2 is 2.06 bits per heavy atom. The summed E-state index contributed by atoms with van der Waals surface area (Å²) in [4.78, 5) is 12.9. The highest BCUT2D eigenvalue weighted by molar-refractivity contribution is 5.73. The third-order valence-electron chi connectivity index (χ3n) is 2.53. The number of anilines is 1. The van der Waals surface area contributed by atoms with E-state index in [9.17, 15) is 4.79 Å². The van der Waals surface area contributed by atoms with Crippen LogP contribution in [0.3, 0.4) is 0 Å². The van der Waals surface area contributed by atoms with Crippen LogP contribution in [0.2, 0.25) is 0 Å². The molecule has 1 aromatic carbocycles. The van der Waals surface area contributed by atoms with Gasteiger partial charge in [0, 0.05) is 32.7 Å². The van der Waals surface area contributed by atoms with Gasteiger partial charge < -0.3 is 10.2 Å². The van der Waals surface area contributed by atoms with E-state index in [1.165, 1.54) is 0 Å². The quantitative estimate of drug-likeness (QED) is 0.826. The lowest BCUT2D eigenvalue weighted by Crippen LogP contribution is -2.23. The second-order valence-electron chi connectivity index (χ2n) is 3.96. The van der Waals surface area contributed by atoms with Crippen LogP contribution in [0.1, 0.15) is 25.8 Å². The Kier molecular flexibility index (Phi) is 4.83. The lowest BCUT2D eigenvalue weighted by atomic mass is 10.1. The van der Waals surface area contributed by atoms with Crippen molar-refractivity contribution in [3.8, 4) is 0 Å². The average molecular weight is 220 g/mol. The maximum absolute atomic E-state index is 11.2. The molecule has 0 saturated carbocycles. The molecule has 1 rings (SSSR count). The summed E-state index contributed by atoms with van der Waals surface area (Å²) in [5, 5.41) is 3.37. The van der Waals surface area contributed by atoms with E-state index in [2.05, 4.69) is 24.4 Å². The number of amides is 1. The number of para-hydroxylation sites is 1. The highest BCUT2D eigenvalue weighted by Gasteiger charge is 2.06. The van der Waals surface area contributed by atoms with Crippen LogP contribution in [0.25, 0.3) is 0 Å². The van der Waals surface area contributed by atoms with Crippen molar-refractivity contribution < 1.29 is 4.79 Å². The lowest BCUT2D eigenvalue weighted by molar-refractivity contribution is -0.128. The third kappa shape index (κ3) is 3.57. The van der Waals surface area contributed by atoms with E-state index in [4.69, 9.17) is 0 Å². The zero-order valence-electron chi connectivity index (χ0n) is 10.3. The molecule has 1 aromatic rings. The van der Waals surface area contributed by atoms with Crippen LogP contribution in [0.4, 0.5) is 5.69 Å². The molecule has 0 fully saturated rings. The Bertz CT molecular complexity index is 350. The molecule has 0 aliphatic heterocycles. The molecule has 0 aliphatic carbocycles. The van der Waals surface area contributed by atoms with Gasteiger partial charge >= 0.3 is 0 Å². The summed E-state index contributed by atoms with van der Waals surface area (Å²) in [5.41, 5.74) is 2.28. The monoisotopic (exact) mass is 220 g/mol. The topological polar surface area (TPSA) is 32.3 Å². The molecule has 0 unspecified atom stereocenters. The summed E-state index contributed by atoms with van der Waals surface area (Å²) in [7, 11) is 1.82. The molecule has 3 nitrogen and oxygen atoms in total. The van der Waals surface area contributed by atoms with E-state index in [0.717, 1.165) is 24.2 Å². The Labute approximate surface area is 97.5 Å². The highest BCUT2D eigenvalue weighted by Crippen LogP contribution is 2.16. The third-order valence-corrected chi connectivity index (χ3v) is 2.53. The van der Waals surface area contributed by atoms with Gasteiger partial charge in [-0.3, -0.25) is 4.79 Å². The maximum atomic E-state index is 11.2. The number of benzene rings is 1. The fourth-order valence-electron chi connectivity index (χ4n) is 1.46. The van der Waals surface area contributed by atoms with Gasteiger partial charge in [0.25, 0.3) is 0 Å². The lowest BCUT2D eigenvalue weighted by Gasteiger charge is -2.18. The normalized spacial score (nSPS) is 9.94. The van der Waals surface area contributed by atoms with E-state index in [1.807, 2.05) is 19.2 Å². The Hall–Kier alpha value is -1.51. The highest BCUT2D eigenvalue weighted by atomic mass is 16.2. The van der Waals surface area contributed by atoms with Crippen molar-refractivity contribution >= 4 is 11.6 Å². The average Bonchev–Trinajstić information content (AvgIpc) is 2.27. The van der Waals surface area contributed by atoms with E-state index in [-0.39, 0.29) is 5.91 Å². The molecule has 0 radical (unpaired) electrons. The van der Waals surface area contributed by atoms with Gasteiger partial charge in [-0.15, -0.1) is 0 Å². The zero-order valence-corrected chi connectivity index (χ0v) is 10.3. The zero-order chi connectivity index (χ0) is 12.0. The SMILES string of the molecule is CCCNc1ccccc1CN(C)C(C)=O. The molecular weight excluding hydrogens is 200 g/mol. The fourth-order valence-corrected chi connectivity index (χ4v) is 1.46. The largest absolute Gasteiger partial charge is 0.385 e. The first-order chi connectivity index (χ1) is 7.65. The Morgan fingerprint density at radius 1 is 1.38 bits per heavy atom. The van der Waals surface area contributed by atoms with Gasteiger partial charge in [0.05, 0.1) is 0 Å². The van der Waals surface area contributed by atoms with Gasteiger partial charge in [-0.1, -0.05) is 25.1 Å². The molecular formula is C13H20N2O. The Morgan fingerprint density at radius 3 is 2.69 bits per heavy atom. The van der Waals surface area contributed by atoms with Crippen LogP contribution < -0.4 is 5.32 Å². The number of hydrogen-bond acceptors (Lipinski definition) is 2. The van der Waals surface area contributed by atoms with Gasteiger partial charge in [0.1, 0.15) is 0 Å². The van der Waals surface area contributed by atoms with Gasteiger partial charge in [0.15, 0.2) is 0 Å². The summed E-state index contributed by atoms with van der Waals surface area (Å²) in [6.45, 7) is 5.34. The molecule has 0 bridgehead atoms. The van der Waals surface area contributed by atoms with Crippen LogP contribution in [0.5, 0.6) is 0 Å². The first kappa shape index (κ1) is 12.6. The van der Waals surface area contributed by atoms with Gasteiger partial charge in [-0.25, -0.2) is 0 Å². The number of carbonyl (C=O) groups is 1. The van der Waals surface area contributed by atoms with E-state index in [1.54, 1.807) is 11.8 Å². The molecule has 0 atom stereocenters. The van der Waals surface area contributed by atoms with Crippen molar-refractivity contribution in [2.24, 2.45) is 0 Å². The van der Waals surface area contributed by atoms with E-state index < -0.39 is 0 Å². The molecule has 0 saturated heterocycles. The first-order valence-corrected chi connectivity index (χ1v) is 5.68. The predicted octanol–water partition coefficient (Wildman–Crippen LogP) is 2.49. The molecule has 0 aliphatic rings. The van der Waals surface area contributed by atoms with Crippen molar-refractivity contribution in [3.05, 3.63) is 29.8 Å². The van der Waals surface area contributed by atoms with E-state index >= 15 is 0 Å². The standard InChI is InChI=1S/C13H20N2O/c1-4-9-14-13-8-6-5-7-12(13)10-15(3)11(2)16/h5-8,14H,4,9-10H2,1-3H3. The summed E-state index contributed by atoms with van der Waals surface area (Å²) < 4.78 is 0. The summed E-state index contributed by atoms with van der Waals surface area (Å²) in [6, 6.07) is 8.12. The smallest absolute Gasteiger partial charge is 0.219 e. The molecule has 88 valence electrons. The minimum atomic E-state index is 0.0882. The van der Waals surface area contributed by atoms with Crippen molar-refractivity contribution in [3.63, 3.8) is 0 Å². The van der Waals surface area contributed by atoms with Gasteiger partial charge in [0.2, 0.25) is 5.91 Å². The summed E-state index contributed by atoms with van der Waals surface area (Å²) >= 11 is 0. The number of rotatable bonds is 5. The molecule has 1 amide bonds. The molecule has 0 heterocycles. The van der Waals surface area contributed by atoms with Crippen molar-refractivity contribution in [2.75, 3.05) is 18.9 Å². The van der Waals surface area contributed by atoms with Crippen LogP contribution in [-0.2, 0) is 11.3 Å². The van der Waals surface area contributed by atoms with E-state index in [0.29, 0.717) is 6.54 Å². The second-order valence-corrected chi connectivity index (χ2v) is 3.96. The number of hydrogen-bond donors (Lipinski definition) is 1. The van der Waals surface area contributed by atoms with Crippen molar-refractivity contribution in [1.82, 2.24) is 4.90 Å². The van der Waals surface area contributed by atoms with Crippen LogP contribution >= 0.6 is 0 Å². The molecule has 1 N–H and O–H groups in total. The van der Waals surface area contributed by atoms with Gasteiger partial charge in [-0.2, -0.15) is 0 Å². The first-order valence-electron chi connectivity index (χ1n) is 5.68. The minimum Gasteiger partial charge on any atom is -0.385 e. The summed E-state index contributed by atoms with van der Waals surface area (Å²) in [5.74, 6) is 0.0882. The molecule has 0 aromatic heterocycles. The van der Waals surface area contributed by atoms with Crippen LogP contribution in [0.15, 0.2) is 24.3 Å². The summed E-state index contributed by atoms with van der Waals surface area (Å²) in [6.07, 6.45) is 1.09. The van der Waals surface area contributed by atoms with Gasteiger partial charge in [-0.05, 0) is 18.1 Å². The van der Waals surface area contributed by atoms with Crippen LogP contribution in [0, 0.1) is 0 Å². The second kappa shape index (κ2) is 6.16. The number of carbonyl (C=O) groups excluding carboxylic acids is 1. The molecule has 0 spiro atoms. The van der Waals surface area contributed by atoms with Crippen molar-refractivity contribution in [2.45, 2.75) is 26.8 Å². The molecule has 3 heteroatoms.